The number of unbranched alkanes of at least 4 members (excludes halogenated alkanes) is 1. The first-order chi connectivity index (χ1) is 11.7. The van der Waals surface area contributed by atoms with Crippen molar-refractivity contribution in [2.75, 3.05) is 39.5 Å². The van der Waals surface area contributed by atoms with Crippen LogP contribution < -0.4 is 10.6 Å². The zero-order chi connectivity index (χ0) is 17.6. The van der Waals surface area contributed by atoms with Crippen LogP contribution in [-0.2, 0) is 16.0 Å². The van der Waals surface area contributed by atoms with Crippen molar-refractivity contribution >= 4 is 5.96 Å². The first kappa shape index (κ1) is 20.4. The fraction of sp³-hybridized carbons (Fsp3) is 0.765. The number of ether oxygens (including phenoxy) is 2. The Morgan fingerprint density at radius 2 is 1.83 bits per heavy atom. The summed E-state index contributed by atoms with van der Waals surface area (Å²) in [6, 6.07) is 0. The molecule has 1 aromatic heterocycles. The van der Waals surface area contributed by atoms with Gasteiger partial charge in [-0.15, -0.1) is 0 Å². The maximum absolute atomic E-state index is 5.53. The number of oxazole rings is 1. The van der Waals surface area contributed by atoms with E-state index in [1.807, 2.05) is 20.8 Å². The summed E-state index contributed by atoms with van der Waals surface area (Å²) in [6.07, 6.45) is 2.26. The normalized spacial score (nSPS) is 11.8. The molecule has 0 aliphatic carbocycles. The van der Waals surface area contributed by atoms with E-state index in [9.17, 15) is 0 Å². The minimum Gasteiger partial charge on any atom is -0.444 e. The average molecular weight is 340 g/mol. The first-order valence-corrected chi connectivity index (χ1v) is 8.77. The predicted molar refractivity (Wildman–Crippen MR) is 95.3 cm³/mol. The van der Waals surface area contributed by atoms with Crippen LogP contribution in [0.5, 0.6) is 0 Å². The topological polar surface area (TPSA) is 80.9 Å². The van der Waals surface area contributed by atoms with E-state index >= 15 is 0 Å². The van der Waals surface area contributed by atoms with Gasteiger partial charge in [-0.3, -0.25) is 0 Å². The molecule has 0 atom stereocenters. The van der Waals surface area contributed by atoms with E-state index in [1.165, 1.54) is 0 Å². The van der Waals surface area contributed by atoms with Crippen LogP contribution in [0.1, 0.15) is 44.0 Å². The lowest BCUT2D eigenvalue weighted by atomic mass is 10.4. The molecular weight excluding hydrogens is 308 g/mol. The Kier molecular flexibility index (Phi) is 10.9. The zero-order valence-electron chi connectivity index (χ0n) is 15.5. The van der Waals surface area contributed by atoms with Gasteiger partial charge in [-0.25, -0.2) is 9.98 Å². The molecule has 0 aliphatic rings. The summed E-state index contributed by atoms with van der Waals surface area (Å²) in [5.74, 6) is 2.20. The van der Waals surface area contributed by atoms with Gasteiger partial charge in [0, 0.05) is 19.7 Å². The van der Waals surface area contributed by atoms with Crippen molar-refractivity contribution in [2.45, 2.75) is 47.1 Å². The second-order valence-corrected chi connectivity index (χ2v) is 5.45. The van der Waals surface area contributed by atoms with E-state index in [0.717, 1.165) is 43.4 Å². The molecule has 1 rings (SSSR count). The van der Waals surface area contributed by atoms with Gasteiger partial charge in [-0.05, 0) is 27.2 Å². The van der Waals surface area contributed by atoms with Crippen LogP contribution in [0.4, 0.5) is 0 Å². The highest BCUT2D eigenvalue weighted by atomic mass is 16.5. The van der Waals surface area contributed by atoms with Crippen LogP contribution in [0.15, 0.2) is 9.41 Å². The molecule has 0 radical (unpaired) electrons. The molecule has 0 fully saturated rings. The summed E-state index contributed by atoms with van der Waals surface area (Å²) < 4.78 is 16.5. The monoisotopic (exact) mass is 340 g/mol. The maximum atomic E-state index is 5.53. The third kappa shape index (κ3) is 8.88. The molecular formula is C17H32N4O3. The average Bonchev–Trinajstić information content (AvgIpc) is 2.89. The highest BCUT2D eigenvalue weighted by Crippen LogP contribution is 2.08. The van der Waals surface area contributed by atoms with Gasteiger partial charge in [0.15, 0.2) is 5.96 Å². The Morgan fingerprint density at radius 1 is 1.08 bits per heavy atom. The molecule has 1 aromatic rings. The van der Waals surface area contributed by atoms with Crippen LogP contribution in [0.3, 0.4) is 0 Å². The molecule has 0 saturated heterocycles. The Morgan fingerprint density at radius 3 is 2.46 bits per heavy atom. The van der Waals surface area contributed by atoms with Crippen LogP contribution in [0.2, 0.25) is 0 Å². The van der Waals surface area contributed by atoms with Gasteiger partial charge in [0.05, 0.1) is 25.5 Å². The third-order valence-electron chi connectivity index (χ3n) is 3.34. The SMILES string of the molecule is CCCCOCCOCCNC(=NCc1nc(C)c(C)o1)NCC. The lowest BCUT2D eigenvalue weighted by molar-refractivity contribution is 0.0487. The number of hydrogen-bond acceptors (Lipinski definition) is 5. The minimum absolute atomic E-state index is 0.413. The standard InChI is InChI=1S/C17H32N4O3/c1-5-7-9-22-11-12-23-10-8-19-17(18-6-2)20-13-16-21-14(3)15(4)24-16/h5-13H2,1-4H3,(H2,18,19,20). The molecule has 7 heteroatoms. The highest BCUT2D eigenvalue weighted by Gasteiger charge is 2.05. The molecule has 2 N–H and O–H groups in total. The molecule has 0 aliphatic heterocycles. The van der Waals surface area contributed by atoms with Crippen molar-refractivity contribution in [2.24, 2.45) is 4.99 Å². The van der Waals surface area contributed by atoms with Crippen LogP contribution in [-0.4, -0.2) is 50.5 Å². The van der Waals surface area contributed by atoms with Crippen LogP contribution in [0, 0.1) is 13.8 Å². The van der Waals surface area contributed by atoms with Crippen LogP contribution in [0.25, 0.3) is 0 Å². The lowest BCUT2D eigenvalue weighted by Gasteiger charge is -2.11. The summed E-state index contributed by atoms with van der Waals surface area (Å²) in [6.45, 7) is 12.6. The van der Waals surface area contributed by atoms with Gasteiger partial charge in [0.25, 0.3) is 0 Å². The number of nitrogens with zero attached hydrogens (tertiary/aromatic N) is 2. The Balaban J connectivity index is 2.19. The van der Waals surface area contributed by atoms with Gasteiger partial charge in [0.2, 0.25) is 5.89 Å². The Hall–Kier alpha value is -1.60. The van der Waals surface area contributed by atoms with Gasteiger partial charge < -0.3 is 24.5 Å². The quantitative estimate of drug-likeness (QED) is 0.345. The minimum atomic E-state index is 0.413. The second-order valence-electron chi connectivity index (χ2n) is 5.45. The molecule has 1 heterocycles. The van der Waals surface area contributed by atoms with Crippen LogP contribution >= 0.6 is 0 Å². The van der Waals surface area contributed by atoms with E-state index in [2.05, 4.69) is 27.5 Å². The summed E-state index contributed by atoms with van der Waals surface area (Å²) in [4.78, 5) is 8.79. The number of hydrogen-bond donors (Lipinski definition) is 2. The van der Waals surface area contributed by atoms with Gasteiger partial charge >= 0.3 is 0 Å². The molecule has 0 unspecified atom stereocenters. The number of aromatic nitrogens is 1. The largest absolute Gasteiger partial charge is 0.444 e. The number of aryl methyl sites for hydroxylation is 2. The molecule has 0 bridgehead atoms. The van der Waals surface area contributed by atoms with Crippen molar-refractivity contribution in [3.63, 3.8) is 0 Å². The fourth-order valence-corrected chi connectivity index (χ4v) is 1.91. The molecule has 7 nitrogen and oxygen atoms in total. The van der Waals surface area contributed by atoms with Crippen molar-refractivity contribution < 1.29 is 13.9 Å². The molecule has 24 heavy (non-hydrogen) atoms. The van der Waals surface area contributed by atoms with E-state index in [-0.39, 0.29) is 0 Å². The third-order valence-corrected chi connectivity index (χ3v) is 3.34. The summed E-state index contributed by atoms with van der Waals surface area (Å²) in [7, 11) is 0. The number of aliphatic imine (C=N–C) groups is 1. The number of guanidine groups is 1. The molecule has 0 aromatic carbocycles. The van der Waals surface area contributed by atoms with E-state index < -0.39 is 0 Å². The Labute approximate surface area is 145 Å². The van der Waals surface area contributed by atoms with E-state index in [4.69, 9.17) is 13.9 Å². The Bertz CT molecular complexity index is 455. The number of rotatable bonds is 12. The van der Waals surface area contributed by atoms with E-state index in [1.54, 1.807) is 0 Å². The van der Waals surface area contributed by atoms with Crippen molar-refractivity contribution in [3.05, 3.63) is 17.3 Å². The van der Waals surface area contributed by atoms with Crippen molar-refractivity contribution in [3.8, 4) is 0 Å². The summed E-state index contributed by atoms with van der Waals surface area (Å²) >= 11 is 0. The predicted octanol–water partition coefficient (Wildman–Crippen LogP) is 2.18. The second kappa shape index (κ2) is 12.8. The van der Waals surface area contributed by atoms with Gasteiger partial charge in [0.1, 0.15) is 12.3 Å². The van der Waals surface area contributed by atoms with E-state index in [0.29, 0.717) is 38.8 Å². The maximum Gasteiger partial charge on any atom is 0.216 e. The summed E-state index contributed by atoms with van der Waals surface area (Å²) in [5, 5.41) is 6.42. The molecule has 0 saturated carbocycles. The fourth-order valence-electron chi connectivity index (χ4n) is 1.91. The molecule has 0 amide bonds. The molecule has 138 valence electrons. The van der Waals surface area contributed by atoms with Crippen molar-refractivity contribution in [1.82, 2.24) is 15.6 Å². The number of nitrogens with one attached hydrogen (secondary N) is 2. The first-order valence-electron chi connectivity index (χ1n) is 8.77. The highest BCUT2D eigenvalue weighted by molar-refractivity contribution is 5.79. The van der Waals surface area contributed by atoms with Crippen molar-refractivity contribution in [1.29, 1.82) is 0 Å². The zero-order valence-corrected chi connectivity index (χ0v) is 15.5. The van der Waals surface area contributed by atoms with Gasteiger partial charge in [-0.1, -0.05) is 13.3 Å². The van der Waals surface area contributed by atoms with Gasteiger partial charge in [-0.2, -0.15) is 0 Å². The smallest absolute Gasteiger partial charge is 0.216 e. The summed E-state index contributed by atoms with van der Waals surface area (Å²) in [5.41, 5.74) is 0.910. The molecule has 0 spiro atoms. The lowest BCUT2D eigenvalue weighted by Crippen LogP contribution is -2.39.